The molecule has 1 atom stereocenters. The van der Waals surface area contributed by atoms with Crippen molar-refractivity contribution in [2.45, 2.75) is 32.3 Å². The van der Waals surface area contributed by atoms with Gasteiger partial charge in [0.2, 0.25) is 0 Å². The van der Waals surface area contributed by atoms with Gasteiger partial charge in [-0.3, -0.25) is 4.79 Å². The van der Waals surface area contributed by atoms with Crippen molar-refractivity contribution >= 4 is 17.2 Å². The third kappa shape index (κ3) is 4.57. The van der Waals surface area contributed by atoms with Crippen LogP contribution in [-0.2, 0) is 4.74 Å². The molecule has 1 aromatic rings. The van der Waals surface area contributed by atoms with Gasteiger partial charge in [0.15, 0.2) is 0 Å². The second-order valence-corrected chi connectivity index (χ2v) is 6.00. The number of amides is 1. The number of carbonyl (C=O) groups excluding carboxylic acids is 1. The number of hydrogen-bond donors (Lipinski definition) is 1. The van der Waals surface area contributed by atoms with Crippen LogP contribution in [0, 0.1) is 11.8 Å². The quantitative estimate of drug-likeness (QED) is 0.848. The molecule has 21 heavy (non-hydrogen) atoms. The summed E-state index contributed by atoms with van der Waals surface area (Å²) in [5, 5.41) is 8.71. The monoisotopic (exact) mass is 307 g/mol. The Labute approximate surface area is 129 Å². The van der Waals surface area contributed by atoms with Crippen molar-refractivity contribution in [1.82, 2.24) is 4.90 Å². The highest BCUT2D eigenvalue weighted by atomic mass is 32.1. The van der Waals surface area contributed by atoms with Gasteiger partial charge in [0.05, 0.1) is 22.5 Å². The molecule has 0 radical (unpaired) electrons. The van der Waals surface area contributed by atoms with Crippen LogP contribution in [-0.4, -0.2) is 48.3 Å². The number of likely N-dealkylation sites (N-methyl/N-ethyl adjacent to an activating group) is 1. The average Bonchev–Trinajstić information content (AvgIpc) is 3.16. The van der Waals surface area contributed by atoms with Gasteiger partial charge in [0, 0.05) is 26.1 Å². The van der Waals surface area contributed by atoms with E-state index in [1.807, 2.05) is 24.0 Å². The summed E-state index contributed by atoms with van der Waals surface area (Å²) in [7, 11) is 0. The number of ether oxygens (including phenoxy) is 1. The number of nitrogens with zero attached hydrogens (tertiary/aromatic N) is 1. The fraction of sp³-hybridized carbons (Fsp3) is 0.562. The minimum atomic E-state index is 0.0493. The summed E-state index contributed by atoms with van der Waals surface area (Å²) in [6.45, 7) is 4.21. The van der Waals surface area contributed by atoms with E-state index in [1.54, 1.807) is 0 Å². The zero-order chi connectivity index (χ0) is 15.1. The van der Waals surface area contributed by atoms with Crippen molar-refractivity contribution in [3.8, 4) is 11.8 Å². The van der Waals surface area contributed by atoms with E-state index in [1.165, 1.54) is 11.3 Å². The molecule has 0 bridgehead atoms. The van der Waals surface area contributed by atoms with Crippen LogP contribution in [0.15, 0.2) is 12.1 Å². The first kappa shape index (κ1) is 16.0. The van der Waals surface area contributed by atoms with Gasteiger partial charge in [-0.1, -0.05) is 11.8 Å². The molecule has 1 amide bonds. The van der Waals surface area contributed by atoms with Crippen molar-refractivity contribution in [3.63, 3.8) is 0 Å². The lowest BCUT2D eigenvalue weighted by molar-refractivity contribution is 0.0543. The molecule has 1 fully saturated rings. The van der Waals surface area contributed by atoms with Crippen molar-refractivity contribution < 1.29 is 14.6 Å². The third-order valence-corrected chi connectivity index (χ3v) is 4.37. The first-order valence-electron chi connectivity index (χ1n) is 7.35. The topological polar surface area (TPSA) is 49.8 Å². The van der Waals surface area contributed by atoms with Gasteiger partial charge in [-0.15, -0.1) is 11.3 Å². The highest BCUT2D eigenvalue weighted by Gasteiger charge is 2.23. The Balaban J connectivity index is 1.98. The van der Waals surface area contributed by atoms with Gasteiger partial charge < -0.3 is 14.7 Å². The molecule has 1 unspecified atom stereocenters. The average molecular weight is 307 g/mol. The third-order valence-electron chi connectivity index (χ3n) is 3.38. The van der Waals surface area contributed by atoms with Crippen LogP contribution in [0.5, 0.6) is 0 Å². The van der Waals surface area contributed by atoms with Crippen molar-refractivity contribution in [3.05, 3.63) is 21.9 Å². The second kappa shape index (κ2) is 8.18. The first-order chi connectivity index (χ1) is 10.2. The van der Waals surface area contributed by atoms with Gasteiger partial charge in [-0.25, -0.2) is 0 Å². The number of carbonyl (C=O) groups is 1. The Morgan fingerprint density at radius 1 is 1.57 bits per heavy atom. The van der Waals surface area contributed by atoms with Crippen LogP contribution in [0.3, 0.4) is 0 Å². The van der Waals surface area contributed by atoms with Crippen LogP contribution < -0.4 is 0 Å². The first-order valence-corrected chi connectivity index (χ1v) is 8.16. The van der Waals surface area contributed by atoms with Gasteiger partial charge in [-0.05, 0) is 31.9 Å². The Morgan fingerprint density at radius 2 is 2.43 bits per heavy atom. The van der Waals surface area contributed by atoms with E-state index in [-0.39, 0.29) is 18.6 Å². The maximum Gasteiger partial charge on any atom is 0.264 e. The lowest BCUT2D eigenvalue weighted by Gasteiger charge is -2.23. The van der Waals surface area contributed by atoms with Crippen LogP contribution in [0.2, 0.25) is 0 Å². The number of thiophene rings is 1. The highest BCUT2D eigenvalue weighted by molar-refractivity contribution is 7.14. The molecule has 1 aliphatic heterocycles. The maximum atomic E-state index is 12.5. The minimum absolute atomic E-state index is 0.0493. The molecule has 0 aliphatic carbocycles. The molecule has 0 spiro atoms. The van der Waals surface area contributed by atoms with Crippen LogP contribution in [0.1, 0.15) is 40.7 Å². The summed E-state index contributed by atoms with van der Waals surface area (Å²) < 4.78 is 5.61. The molecule has 4 nitrogen and oxygen atoms in total. The predicted molar refractivity (Wildman–Crippen MR) is 83.5 cm³/mol. The fourth-order valence-electron chi connectivity index (χ4n) is 2.27. The highest BCUT2D eigenvalue weighted by Crippen LogP contribution is 2.19. The minimum Gasteiger partial charge on any atom is -0.395 e. The number of aliphatic hydroxyl groups excluding tert-OH is 1. The smallest absolute Gasteiger partial charge is 0.264 e. The van der Waals surface area contributed by atoms with E-state index in [0.29, 0.717) is 24.4 Å². The van der Waals surface area contributed by atoms with Crippen LogP contribution in [0.25, 0.3) is 0 Å². The molecular weight excluding hydrogens is 286 g/mol. The summed E-state index contributed by atoms with van der Waals surface area (Å²) in [6, 6.07) is 3.69. The molecule has 2 heterocycles. The molecule has 1 N–H and O–H groups in total. The fourth-order valence-corrected chi connectivity index (χ4v) is 3.12. The van der Waals surface area contributed by atoms with Crippen LogP contribution >= 0.6 is 11.3 Å². The molecule has 1 aromatic heterocycles. The molecule has 0 saturated carbocycles. The van der Waals surface area contributed by atoms with E-state index < -0.39 is 0 Å². The molecule has 114 valence electrons. The lowest BCUT2D eigenvalue weighted by Crippen LogP contribution is -2.36. The Morgan fingerprint density at radius 3 is 3.10 bits per heavy atom. The van der Waals surface area contributed by atoms with Crippen molar-refractivity contribution in [2.24, 2.45) is 0 Å². The normalized spacial score (nSPS) is 17.3. The second-order valence-electron chi connectivity index (χ2n) is 4.92. The Hall–Kier alpha value is -1.35. The zero-order valence-corrected chi connectivity index (χ0v) is 13.1. The Kier molecular flexibility index (Phi) is 6.24. The summed E-state index contributed by atoms with van der Waals surface area (Å²) in [6.07, 6.45) is 2.76. The summed E-state index contributed by atoms with van der Waals surface area (Å²) in [5.74, 6) is 5.88. The van der Waals surface area contributed by atoms with Gasteiger partial charge >= 0.3 is 0 Å². The van der Waals surface area contributed by atoms with Gasteiger partial charge in [0.1, 0.15) is 0 Å². The van der Waals surface area contributed by atoms with E-state index in [9.17, 15) is 4.79 Å². The van der Waals surface area contributed by atoms with E-state index in [4.69, 9.17) is 9.84 Å². The summed E-state index contributed by atoms with van der Waals surface area (Å²) >= 11 is 1.41. The van der Waals surface area contributed by atoms with Crippen LogP contribution in [0.4, 0.5) is 0 Å². The Bertz CT molecular complexity index is 523. The van der Waals surface area contributed by atoms with E-state index in [0.717, 1.165) is 24.3 Å². The molecule has 1 saturated heterocycles. The van der Waals surface area contributed by atoms with E-state index >= 15 is 0 Å². The largest absolute Gasteiger partial charge is 0.395 e. The molecular formula is C16H21NO3S. The van der Waals surface area contributed by atoms with E-state index in [2.05, 4.69) is 11.8 Å². The number of hydrogen-bond acceptors (Lipinski definition) is 4. The number of aliphatic hydroxyl groups is 1. The standard InChI is InChI=1S/C16H21NO3S/c1-2-17(12-13-6-5-11-20-13)16(19)15-9-8-14(21-15)7-3-4-10-18/h8-9,13,18H,2,4-6,10-12H2,1H3. The maximum absolute atomic E-state index is 12.5. The van der Waals surface area contributed by atoms with Gasteiger partial charge in [0.25, 0.3) is 5.91 Å². The van der Waals surface area contributed by atoms with Crippen molar-refractivity contribution in [1.29, 1.82) is 0 Å². The summed E-state index contributed by atoms with van der Waals surface area (Å²) in [4.78, 5) is 15.9. The summed E-state index contributed by atoms with van der Waals surface area (Å²) in [5.41, 5.74) is 0. The van der Waals surface area contributed by atoms with Crippen molar-refractivity contribution in [2.75, 3.05) is 26.3 Å². The lowest BCUT2D eigenvalue weighted by atomic mass is 10.2. The molecule has 2 rings (SSSR count). The SMILES string of the molecule is CCN(CC1CCCO1)C(=O)c1ccc(C#CCCO)s1. The predicted octanol–water partition coefficient (Wildman–Crippen LogP) is 2.12. The molecule has 0 aromatic carbocycles. The zero-order valence-electron chi connectivity index (χ0n) is 12.3. The molecule has 1 aliphatic rings. The molecule has 5 heteroatoms. The van der Waals surface area contributed by atoms with Gasteiger partial charge in [-0.2, -0.15) is 0 Å². The number of rotatable bonds is 5.